The van der Waals surface area contributed by atoms with Crippen LogP contribution in [-0.4, -0.2) is 66.5 Å². The van der Waals surface area contributed by atoms with E-state index >= 15 is 0 Å². The molecule has 2 unspecified atom stereocenters. The molecule has 2 aliphatic heterocycles. The first-order valence-corrected chi connectivity index (χ1v) is 15.8. The molecule has 3 aromatic carbocycles. The molecule has 3 N–H and O–H groups in total. The summed E-state index contributed by atoms with van der Waals surface area (Å²) in [6.45, 7) is 5.62. The monoisotopic (exact) mass is 599 g/mol. The third-order valence-corrected chi connectivity index (χ3v) is 9.42. The summed E-state index contributed by atoms with van der Waals surface area (Å²) in [6.07, 6.45) is 2.56. The van der Waals surface area contributed by atoms with Crippen LogP contribution in [0.25, 0.3) is 27.8 Å². The van der Waals surface area contributed by atoms with Crippen LogP contribution in [0.15, 0.2) is 84.0 Å². The number of nitrogens with two attached hydrogens (primary N) is 1. The van der Waals surface area contributed by atoms with E-state index < -0.39 is 10.1 Å². The average Bonchev–Trinajstić information content (AvgIpc) is 3.42. The van der Waals surface area contributed by atoms with Gasteiger partial charge in [0.2, 0.25) is 0 Å². The van der Waals surface area contributed by atoms with Crippen molar-refractivity contribution in [3.05, 3.63) is 84.7 Å². The number of nitrogens with zero attached hydrogens (tertiary/aromatic N) is 4. The molecule has 11 heteroatoms. The molecule has 2 atom stereocenters. The van der Waals surface area contributed by atoms with Crippen LogP contribution in [0.1, 0.15) is 24.8 Å². The van der Waals surface area contributed by atoms with E-state index in [4.69, 9.17) is 20.2 Å². The maximum atomic E-state index is 11.5. The molecule has 0 spiro atoms. The van der Waals surface area contributed by atoms with Gasteiger partial charge >= 0.3 is 0 Å². The highest BCUT2D eigenvalue weighted by Gasteiger charge is 2.34. The Morgan fingerprint density at radius 1 is 1.09 bits per heavy atom. The minimum absolute atomic E-state index is 0.0175. The molecule has 2 aliphatic rings. The molecule has 7 rings (SSSR count). The van der Waals surface area contributed by atoms with Gasteiger partial charge in [-0.15, -0.1) is 0 Å². The van der Waals surface area contributed by atoms with Gasteiger partial charge in [0.1, 0.15) is 17.9 Å². The second kappa shape index (κ2) is 10.6. The standard InChI is InChI=1S/C32H33N5O5S/c1-32(17-41-18-32)19-42-23-8-11-28-27(15-23)34-20-37(28)30-12-7-22-3-2-4-29(31(22)35-30)36-14-13-26(33)25(16-36)21-5-9-24(10-6-21)43(38,39)40/h2-12,15,20,25-26H,13-14,16-19,33H2,1H3,(H,38,39,40). The van der Waals surface area contributed by atoms with Gasteiger partial charge in [0.05, 0.1) is 47.0 Å². The topological polar surface area (TPSA) is 133 Å². The second-order valence-electron chi connectivity index (χ2n) is 11.9. The van der Waals surface area contributed by atoms with E-state index in [9.17, 15) is 13.0 Å². The summed E-state index contributed by atoms with van der Waals surface area (Å²) in [4.78, 5) is 11.9. The molecule has 4 heterocycles. The predicted octanol–water partition coefficient (Wildman–Crippen LogP) is 4.56. The third kappa shape index (κ3) is 5.33. The molecule has 5 aromatic rings. The summed E-state index contributed by atoms with van der Waals surface area (Å²) in [5.74, 6) is 1.53. The Bertz CT molecular complexity index is 1920. The minimum atomic E-state index is -4.25. The molecule has 10 nitrogen and oxygen atoms in total. The van der Waals surface area contributed by atoms with Gasteiger partial charge in [0.15, 0.2) is 0 Å². The summed E-state index contributed by atoms with van der Waals surface area (Å²) in [5, 5.41) is 1.03. The van der Waals surface area contributed by atoms with Crippen LogP contribution in [0.5, 0.6) is 5.75 Å². The van der Waals surface area contributed by atoms with Gasteiger partial charge in [-0.05, 0) is 54.4 Å². The molecule has 43 heavy (non-hydrogen) atoms. The van der Waals surface area contributed by atoms with Crippen molar-refractivity contribution in [1.29, 1.82) is 0 Å². The van der Waals surface area contributed by atoms with Crippen molar-refractivity contribution in [1.82, 2.24) is 14.5 Å². The molecule has 0 aliphatic carbocycles. The fraction of sp³-hybridized carbons (Fsp3) is 0.312. The zero-order valence-electron chi connectivity index (χ0n) is 23.8. The molecule has 0 bridgehead atoms. The number of para-hydroxylation sites is 1. The van der Waals surface area contributed by atoms with Crippen LogP contribution in [0.2, 0.25) is 0 Å². The van der Waals surface area contributed by atoms with Gasteiger partial charge < -0.3 is 20.1 Å². The molecule has 2 saturated heterocycles. The van der Waals surface area contributed by atoms with Crippen molar-refractivity contribution in [2.45, 2.75) is 30.2 Å². The second-order valence-corrected chi connectivity index (χ2v) is 13.3. The van der Waals surface area contributed by atoms with Crippen molar-refractivity contribution in [2.75, 3.05) is 37.8 Å². The number of anilines is 1. The molecule has 0 radical (unpaired) electrons. The summed E-state index contributed by atoms with van der Waals surface area (Å²) in [5.41, 5.74) is 11.2. The number of rotatable bonds is 7. The Morgan fingerprint density at radius 2 is 1.91 bits per heavy atom. The summed E-state index contributed by atoms with van der Waals surface area (Å²) in [6, 6.07) is 22.4. The van der Waals surface area contributed by atoms with E-state index in [1.807, 2.05) is 34.9 Å². The van der Waals surface area contributed by atoms with E-state index in [0.717, 1.165) is 57.7 Å². The van der Waals surface area contributed by atoms with Crippen molar-refractivity contribution in [3.8, 4) is 11.6 Å². The first kappa shape index (κ1) is 27.8. The number of ether oxygens (including phenoxy) is 2. The highest BCUT2D eigenvalue weighted by atomic mass is 32.2. The Balaban J connectivity index is 1.17. The van der Waals surface area contributed by atoms with Gasteiger partial charge in [0.25, 0.3) is 10.1 Å². The lowest BCUT2D eigenvalue weighted by Crippen LogP contribution is -2.46. The number of benzene rings is 3. The molecule has 0 saturated carbocycles. The van der Waals surface area contributed by atoms with E-state index in [2.05, 4.69) is 35.0 Å². The zero-order valence-corrected chi connectivity index (χ0v) is 24.6. The summed E-state index contributed by atoms with van der Waals surface area (Å²) < 4.78 is 45.8. The number of aromatic nitrogens is 3. The normalized spacial score (nSPS) is 20.3. The van der Waals surface area contributed by atoms with Crippen LogP contribution >= 0.6 is 0 Å². The lowest BCUT2D eigenvalue weighted by Gasteiger charge is -2.39. The molecule has 2 fully saturated rings. The number of pyridine rings is 1. The van der Waals surface area contributed by atoms with Gasteiger partial charge in [-0.2, -0.15) is 8.42 Å². The quantitative estimate of drug-likeness (QED) is 0.258. The maximum absolute atomic E-state index is 11.5. The molecular formula is C32H33N5O5S. The van der Waals surface area contributed by atoms with E-state index in [0.29, 0.717) is 26.4 Å². The van der Waals surface area contributed by atoms with Crippen LogP contribution in [0.4, 0.5) is 5.69 Å². The number of hydrogen-bond acceptors (Lipinski definition) is 8. The van der Waals surface area contributed by atoms with Crippen LogP contribution in [-0.2, 0) is 14.9 Å². The smallest absolute Gasteiger partial charge is 0.294 e. The fourth-order valence-corrected chi connectivity index (χ4v) is 6.48. The van der Waals surface area contributed by atoms with E-state index in [1.165, 1.54) is 12.1 Å². The van der Waals surface area contributed by atoms with E-state index in [-0.39, 0.29) is 22.3 Å². The lowest BCUT2D eigenvalue weighted by molar-refractivity contribution is -0.120. The first-order chi connectivity index (χ1) is 20.7. The number of hydrogen-bond donors (Lipinski definition) is 2. The van der Waals surface area contributed by atoms with Gasteiger partial charge in [-0.1, -0.05) is 31.2 Å². The zero-order chi connectivity index (χ0) is 29.8. The molecule has 0 amide bonds. The van der Waals surface area contributed by atoms with Gasteiger partial charge in [-0.3, -0.25) is 9.12 Å². The van der Waals surface area contributed by atoms with Crippen molar-refractivity contribution < 1.29 is 22.4 Å². The number of piperidine rings is 1. The van der Waals surface area contributed by atoms with Gasteiger partial charge in [0, 0.05) is 41.9 Å². The largest absolute Gasteiger partial charge is 0.493 e. The lowest BCUT2D eigenvalue weighted by atomic mass is 9.86. The first-order valence-electron chi connectivity index (χ1n) is 14.3. The van der Waals surface area contributed by atoms with E-state index in [1.54, 1.807) is 18.5 Å². The number of imidazole rings is 1. The number of fused-ring (bicyclic) bond motifs is 2. The minimum Gasteiger partial charge on any atom is -0.493 e. The molecule has 2 aromatic heterocycles. The summed E-state index contributed by atoms with van der Waals surface area (Å²) in [7, 11) is -4.25. The van der Waals surface area contributed by atoms with Crippen molar-refractivity contribution in [3.63, 3.8) is 0 Å². The molecule has 222 valence electrons. The Kier molecular flexibility index (Phi) is 6.85. The predicted molar refractivity (Wildman–Crippen MR) is 165 cm³/mol. The highest BCUT2D eigenvalue weighted by Crippen LogP contribution is 2.34. The Hall–Kier alpha value is -4.03. The van der Waals surface area contributed by atoms with Crippen LogP contribution < -0.4 is 15.4 Å². The highest BCUT2D eigenvalue weighted by molar-refractivity contribution is 7.85. The maximum Gasteiger partial charge on any atom is 0.294 e. The summed E-state index contributed by atoms with van der Waals surface area (Å²) >= 11 is 0. The Labute approximate surface area is 249 Å². The SMILES string of the molecule is CC1(COc2ccc3c(c2)ncn3-c2ccc3cccc(N4CCC(N)C(c5ccc(S(=O)(=O)O)cc5)C4)c3n2)COC1. The fourth-order valence-electron chi connectivity index (χ4n) is 6.00. The molecular weight excluding hydrogens is 566 g/mol. The third-order valence-electron chi connectivity index (χ3n) is 8.55. The van der Waals surface area contributed by atoms with Crippen LogP contribution in [0, 0.1) is 5.41 Å². The van der Waals surface area contributed by atoms with Crippen molar-refractivity contribution in [2.24, 2.45) is 11.1 Å². The van der Waals surface area contributed by atoms with Crippen LogP contribution in [0.3, 0.4) is 0 Å². The van der Waals surface area contributed by atoms with Crippen molar-refractivity contribution >= 4 is 37.7 Å². The Morgan fingerprint density at radius 3 is 2.65 bits per heavy atom. The average molecular weight is 600 g/mol. The van der Waals surface area contributed by atoms with Gasteiger partial charge in [-0.25, -0.2) is 9.97 Å².